The molecule has 0 saturated heterocycles. The molecular formula is C17H12F2N2O3S2. The largest absolute Gasteiger partial charge is 0.448 e. The molecule has 9 heteroatoms. The van der Waals surface area contributed by atoms with Crippen molar-refractivity contribution in [2.45, 2.75) is 13.0 Å². The van der Waals surface area contributed by atoms with Gasteiger partial charge in [-0.05, 0) is 30.5 Å². The van der Waals surface area contributed by atoms with E-state index in [1.807, 2.05) is 17.5 Å². The number of hydrogen-bond acceptors (Lipinski definition) is 6. The predicted octanol–water partition coefficient (Wildman–Crippen LogP) is 4.33. The lowest BCUT2D eigenvalue weighted by Crippen LogP contribution is -2.30. The quantitative estimate of drug-likeness (QED) is 0.654. The van der Waals surface area contributed by atoms with E-state index in [0.29, 0.717) is 5.01 Å². The lowest BCUT2D eigenvalue weighted by molar-refractivity contribution is -0.123. The molecule has 26 heavy (non-hydrogen) atoms. The van der Waals surface area contributed by atoms with Crippen molar-refractivity contribution in [3.8, 4) is 9.88 Å². The molecule has 0 bridgehead atoms. The first-order valence-corrected chi connectivity index (χ1v) is 9.16. The van der Waals surface area contributed by atoms with Crippen LogP contribution in [0.15, 0.2) is 41.1 Å². The van der Waals surface area contributed by atoms with Crippen LogP contribution in [0.2, 0.25) is 0 Å². The third-order valence-corrected chi connectivity index (χ3v) is 5.17. The smallest absolute Gasteiger partial charge is 0.358 e. The van der Waals surface area contributed by atoms with Crippen molar-refractivity contribution in [1.29, 1.82) is 0 Å². The molecule has 0 aliphatic rings. The Bertz CT molecular complexity index is 941. The molecule has 0 fully saturated rings. The van der Waals surface area contributed by atoms with Crippen LogP contribution in [0.4, 0.5) is 14.5 Å². The fourth-order valence-corrected chi connectivity index (χ4v) is 3.58. The average molecular weight is 394 g/mol. The summed E-state index contributed by atoms with van der Waals surface area (Å²) in [6, 6.07) is 6.71. The second kappa shape index (κ2) is 7.71. The number of halogens is 2. The average Bonchev–Trinajstić information content (AvgIpc) is 3.28. The molecule has 0 saturated carbocycles. The zero-order valence-corrected chi connectivity index (χ0v) is 15.0. The van der Waals surface area contributed by atoms with Crippen LogP contribution in [0.1, 0.15) is 17.4 Å². The monoisotopic (exact) mass is 394 g/mol. The summed E-state index contributed by atoms with van der Waals surface area (Å²) >= 11 is 2.79. The Morgan fingerprint density at radius 3 is 2.69 bits per heavy atom. The van der Waals surface area contributed by atoms with E-state index in [-0.39, 0.29) is 11.4 Å². The molecule has 5 nitrogen and oxygen atoms in total. The van der Waals surface area contributed by atoms with E-state index in [2.05, 4.69) is 10.3 Å². The van der Waals surface area contributed by atoms with Gasteiger partial charge in [0.15, 0.2) is 23.4 Å². The van der Waals surface area contributed by atoms with Crippen LogP contribution in [0, 0.1) is 11.6 Å². The van der Waals surface area contributed by atoms with E-state index in [4.69, 9.17) is 4.74 Å². The lowest BCUT2D eigenvalue weighted by atomic mass is 10.2. The first kappa shape index (κ1) is 18.2. The van der Waals surface area contributed by atoms with Gasteiger partial charge in [0.2, 0.25) is 0 Å². The van der Waals surface area contributed by atoms with Gasteiger partial charge in [0.1, 0.15) is 5.01 Å². The van der Waals surface area contributed by atoms with Crippen LogP contribution in [0.5, 0.6) is 0 Å². The molecule has 3 aromatic rings. The summed E-state index contributed by atoms with van der Waals surface area (Å²) < 4.78 is 31.1. The predicted molar refractivity (Wildman–Crippen MR) is 95.3 cm³/mol. The number of amides is 1. The summed E-state index contributed by atoms with van der Waals surface area (Å²) in [6.07, 6.45) is -1.14. The Balaban J connectivity index is 1.61. The number of aromatic nitrogens is 1. The Hall–Kier alpha value is -2.65. The minimum atomic E-state index is -1.14. The zero-order valence-electron chi connectivity index (χ0n) is 13.4. The highest BCUT2D eigenvalue weighted by molar-refractivity contribution is 7.20. The van der Waals surface area contributed by atoms with Crippen LogP contribution in [-0.2, 0) is 9.53 Å². The van der Waals surface area contributed by atoms with Crippen molar-refractivity contribution >= 4 is 40.2 Å². The third kappa shape index (κ3) is 4.12. The minimum absolute atomic E-state index is 0.0606. The molecule has 0 spiro atoms. The van der Waals surface area contributed by atoms with Gasteiger partial charge in [-0.1, -0.05) is 6.07 Å². The number of benzene rings is 1. The summed E-state index contributed by atoms with van der Waals surface area (Å²) in [7, 11) is 0. The second-order valence-electron chi connectivity index (χ2n) is 5.18. The van der Waals surface area contributed by atoms with Gasteiger partial charge in [0, 0.05) is 17.1 Å². The standard InChI is InChI=1S/C17H12F2N2O3S2/c1-9(15(22)20-10-4-5-11(18)12(19)7-10)24-17(23)13-8-26-16(21-13)14-3-2-6-25-14/h2-9H,1H3,(H,20,22)/t9-/m1/s1. The van der Waals surface area contributed by atoms with E-state index >= 15 is 0 Å². The van der Waals surface area contributed by atoms with Crippen molar-refractivity contribution in [2.24, 2.45) is 0 Å². The Kier molecular flexibility index (Phi) is 5.38. The number of carbonyl (C=O) groups excluding carboxylic acids is 2. The van der Waals surface area contributed by atoms with Gasteiger partial charge in [-0.2, -0.15) is 0 Å². The summed E-state index contributed by atoms with van der Waals surface area (Å²) in [5, 5.41) is 6.50. The van der Waals surface area contributed by atoms with Crippen molar-refractivity contribution in [1.82, 2.24) is 4.98 Å². The molecule has 0 aliphatic carbocycles. The van der Waals surface area contributed by atoms with Crippen LogP contribution in [0.3, 0.4) is 0 Å². The Labute approximate surface area is 155 Å². The first-order valence-electron chi connectivity index (χ1n) is 7.40. The maximum Gasteiger partial charge on any atom is 0.358 e. The number of carbonyl (C=O) groups is 2. The minimum Gasteiger partial charge on any atom is -0.448 e. The Morgan fingerprint density at radius 2 is 2.00 bits per heavy atom. The number of thiophene rings is 1. The number of esters is 1. The number of hydrogen-bond donors (Lipinski definition) is 1. The van der Waals surface area contributed by atoms with E-state index < -0.39 is 29.6 Å². The van der Waals surface area contributed by atoms with Crippen molar-refractivity contribution in [3.63, 3.8) is 0 Å². The second-order valence-corrected chi connectivity index (χ2v) is 6.99. The fraction of sp³-hybridized carbons (Fsp3) is 0.118. The zero-order chi connectivity index (χ0) is 18.7. The number of nitrogens with one attached hydrogen (secondary N) is 1. The van der Waals surface area contributed by atoms with E-state index in [0.717, 1.165) is 17.0 Å². The van der Waals surface area contributed by atoms with Crippen LogP contribution >= 0.6 is 22.7 Å². The third-order valence-electron chi connectivity index (χ3n) is 3.29. The first-order chi connectivity index (χ1) is 12.4. The van der Waals surface area contributed by atoms with Gasteiger partial charge in [-0.3, -0.25) is 4.79 Å². The molecule has 1 aromatic carbocycles. The van der Waals surface area contributed by atoms with Crippen molar-refractivity contribution in [2.75, 3.05) is 5.32 Å². The number of anilines is 1. The van der Waals surface area contributed by atoms with Crippen LogP contribution < -0.4 is 5.32 Å². The summed E-state index contributed by atoms with van der Waals surface area (Å²) in [6.45, 7) is 1.37. The van der Waals surface area contributed by atoms with Gasteiger partial charge in [0.25, 0.3) is 5.91 Å². The molecule has 0 unspecified atom stereocenters. The maximum absolute atomic E-state index is 13.2. The van der Waals surface area contributed by atoms with Gasteiger partial charge in [0.05, 0.1) is 4.88 Å². The Morgan fingerprint density at radius 1 is 1.19 bits per heavy atom. The van der Waals surface area contributed by atoms with Gasteiger partial charge in [-0.25, -0.2) is 18.6 Å². The highest BCUT2D eigenvalue weighted by atomic mass is 32.1. The molecule has 2 heterocycles. The van der Waals surface area contributed by atoms with Gasteiger partial charge < -0.3 is 10.1 Å². The molecule has 134 valence electrons. The lowest BCUT2D eigenvalue weighted by Gasteiger charge is -2.12. The van der Waals surface area contributed by atoms with Crippen LogP contribution in [0.25, 0.3) is 9.88 Å². The molecule has 1 N–H and O–H groups in total. The topological polar surface area (TPSA) is 68.3 Å². The SMILES string of the molecule is C[C@@H](OC(=O)c1csc(-c2cccs2)n1)C(=O)Nc1ccc(F)c(F)c1. The van der Waals surface area contributed by atoms with E-state index in [1.54, 1.807) is 5.38 Å². The number of nitrogens with zero attached hydrogens (tertiary/aromatic N) is 1. The molecule has 0 radical (unpaired) electrons. The summed E-state index contributed by atoms with van der Waals surface area (Å²) in [5.74, 6) is -3.52. The van der Waals surface area contributed by atoms with Crippen molar-refractivity contribution in [3.05, 3.63) is 58.4 Å². The highest BCUT2D eigenvalue weighted by Gasteiger charge is 2.21. The van der Waals surface area contributed by atoms with E-state index in [1.165, 1.54) is 35.7 Å². The molecule has 2 aromatic heterocycles. The molecule has 1 amide bonds. The number of ether oxygens (including phenoxy) is 1. The number of thiazole rings is 1. The van der Waals surface area contributed by atoms with Crippen molar-refractivity contribution < 1.29 is 23.1 Å². The fourth-order valence-electron chi connectivity index (χ4n) is 1.97. The molecular weight excluding hydrogens is 382 g/mol. The van der Waals surface area contributed by atoms with E-state index in [9.17, 15) is 18.4 Å². The summed E-state index contributed by atoms with van der Waals surface area (Å²) in [5.41, 5.74) is 0.163. The maximum atomic E-state index is 13.2. The molecule has 0 aliphatic heterocycles. The normalized spacial score (nSPS) is 11.8. The molecule has 3 rings (SSSR count). The summed E-state index contributed by atoms with van der Waals surface area (Å²) in [4.78, 5) is 29.3. The van der Waals surface area contributed by atoms with Gasteiger partial charge in [-0.15, -0.1) is 22.7 Å². The van der Waals surface area contributed by atoms with Crippen LogP contribution in [-0.4, -0.2) is 23.0 Å². The van der Waals surface area contributed by atoms with Gasteiger partial charge >= 0.3 is 5.97 Å². The highest BCUT2D eigenvalue weighted by Crippen LogP contribution is 2.28. The number of rotatable bonds is 5. The molecule has 1 atom stereocenters.